The van der Waals surface area contributed by atoms with E-state index < -0.39 is 10.0 Å². The molecule has 0 atom stereocenters. The molecule has 0 aliphatic heterocycles. The van der Waals surface area contributed by atoms with Crippen molar-refractivity contribution in [3.8, 4) is 5.75 Å². The van der Waals surface area contributed by atoms with Crippen molar-refractivity contribution < 1.29 is 13.2 Å². The van der Waals surface area contributed by atoms with Crippen LogP contribution >= 0.6 is 0 Å². The molecule has 1 N–H and O–H groups in total. The molecule has 0 saturated carbocycles. The highest BCUT2D eigenvalue weighted by Crippen LogP contribution is 2.12. The van der Waals surface area contributed by atoms with Crippen LogP contribution in [0.3, 0.4) is 0 Å². The summed E-state index contributed by atoms with van der Waals surface area (Å²) >= 11 is 0. The zero-order valence-electron chi connectivity index (χ0n) is 12.7. The van der Waals surface area contributed by atoms with Gasteiger partial charge in [0.25, 0.3) is 0 Å². The molecule has 0 aromatic heterocycles. The highest BCUT2D eigenvalue weighted by Gasteiger charge is 2.09. The lowest BCUT2D eigenvalue weighted by Gasteiger charge is -2.08. The predicted octanol–water partition coefficient (Wildman–Crippen LogP) is 2.40. The predicted molar refractivity (Wildman–Crippen MR) is 88.6 cm³/mol. The molecule has 0 saturated heterocycles. The number of ether oxygens (including phenoxy) is 1. The van der Waals surface area contributed by atoms with Crippen LogP contribution in [0, 0.1) is 0 Å². The quantitative estimate of drug-likeness (QED) is 0.813. The standard InChI is InChI=1S/C17H21NO3S/c1-21-17-9-5-8-16(14-17)10-12-18-22(19,20)13-11-15-6-3-2-4-7-15/h2-9,14,18H,10-13H2,1H3. The fraction of sp³-hybridized carbons (Fsp3) is 0.294. The van der Waals surface area contributed by atoms with Gasteiger partial charge in [0.15, 0.2) is 0 Å². The van der Waals surface area contributed by atoms with Crippen LogP contribution in [0.25, 0.3) is 0 Å². The number of hydrogen-bond acceptors (Lipinski definition) is 3. The number of hydrogen-bond donors (Lipinski definition) is 1. The maximum Gasteiger partial charge on any atom is 0.211 e. The van der Waals surface area contributed by atoms with Crippen LogP contribution in [0.1, 0.15) is 11.1 Å². The van der Waals surface area contributed by atoms with Gasteiger partial charge in [-0.15, -0.1) is 0 Å². The zero-order valence-corrected chi connectivity index (χ0v) is 13.5. The van der Waals surface area contributed by atoms with E-state index in [4.69, 9.17) is 4.74 Å². The van der Waals surface area contributed by atoms with E-state index in [2.05, 4.69) is 4.72 Å². The molecular weight excluding hydrogens is 298 g/mol. The van der Waals surface area contributed by atoms with Gasteiger partial charge in [-0.1, -0.05) is 42.5 Å². The molecule has 0 radical (unpaired) electrons. The Labute approximate surface area is 132 Å². The summed E-state index contributed by atoms with van der Waals surface area (Å²) in [7, 11) is -1.63. The highest BCUT2D eigenvalue weighted by atomic mass is 32.2. The lowest BCUT2D eigenvalue weighted by molar-refractivity contribution is 0.414. The van der Waals surface area contributed by atoms with Gasteiger partial charge >= 0.3 is 0 Å². The molecule has 0 bridgehead atoms. The Morgan fingerprint density at radius 2 is 1.68 bits per heavy atom. The molecule has 4 nitrogen and oxygen atoms in total. The molecule has 0 aliphatic rings. The molecule has 2 aromatic rings. The Hall–Kier alpha value is -1.85. The van der Waals surface area contributed by atoms with E-state index in [1.807, 2.05) is 54.6 Å². The first-order chi connectivity index (χ1) is 10.6. The van der Waals surface area contributed by atoms with Gasteiger partial charge in [0.05, 0.1) is 12.9 Å². The Kier molecular flexibility index (Phi) is 5.98. The maximum atomic E-state index is 12.0. The SMILES string of the molecule is COc1cccc(CCNS(=O)(=O)CCc2ccccc2)c1. The molecule has 0 fully saturated rings. The van der Waals surface area contributed by atoms with Crippen LogP contribution in [0.15, 0.2) is 54.6 Å². The van der Waals surface area contributed by atoms with Gasteiger partial charge in [0.2, 0.25) is 10.0 Å². The van der Waals surface area contributed by atoms with Gasteiger partial charge < -0.3 is 4.74 Å². The van der Waals surface area contributed by atoms with Crippen molar-refractivity contribution in [3.05, 3.63) is 65.7 Å². The first-order valence-corrected chi connectivity index (χ1v) is 8.88. The lowest BCUT2D eigenvalue weighted by atomic mass is 10.1. The van der Waals surface area contributed by atoms with Crippen LogP contribution in [-0.2, 0) is 22.9 Å². The van der Waals surface area contributed by atoms with Gasteiger partial charge in [-0.2, -0.15) is 0 Å². The van der Waals surface area contributed by atoms with Crippen molar-refractivity contribution in [2.75, 3.05) is 19.4 Å². The molecule has 0 spiro atoms. The number of aryl methyl sites for hydroxylation is 1. The first kappa shape index (κ1) is 16.5. The third kappa shape index (κ3) is 5.50. The van der Waals surface area contributed by atoms with Crippen molar-refractivity contribution in [2.45, 2.75) is 12.8 Å². The molecule has 2 rings (SSSR count). The summed E-state index contributed by atoms with van der Waals surface area (Å²) in [5.74, 6) is 0.888. The van der Waals surface area contributed by atoms with Crippen molar-refractivity contribution in [3.63, 3.8) is 0 Å². The Morgan fingerprint density at radius 1 is 0.955 bits per heavy atom. The Bertz CT molecular complexity index is 684. The number of nitrogens with one attached hydrogen (secondary N) is 1. The Morgan fingerprint density at radius 3 is 2.41 bits per heavy atom. The van der Waals surface area contributed by atoms with E-state index in [-0.39, 0.29) is 5.75 Å². The van der Waals surface area contributed by atoms with Crippen molar-refractivity contribution in [2.24, 2.45) is 0 Å². The van der Waals surface area contributed by atoms with Crippen LogP contribution in [0.4, 0.5) is 0 Å². The second-order valence-electron chi connectivity index (χ2n) is 5.05. The monoisotopic (exact) mass is 319 g/mol. The fourth-order valence-corrected chi connectivity index (χ4v) is 3.21. The molecule has 0 heterocycles. The molecule has 22 heavy (non-hydrogen) atoms. The van der Waals surface area contributed by atoms with Gasteiger partial charge in [-0.3, -0.25) is 0 Å². The molecule has 0 unspecified atom stereocenters. The average Bonchev–Trinajstić information content (AvgIpc) is 2.54. The van der Waals surface area contributed by atoms with Gasteiger partial charge in [-0.25, -0.2) is 13.1 Å². The van der Waals surface area contributed by atoms with E-state index in [1.54, 1.807) is 7.11 Å². The van der Waals surface area contributed by atoms with Crippen LogP contribution in [0.2, 0.25) is 0 Å². The second-order valence-corrected chi connectivity index (χ2v) is 6.98. The van der Waals surface area contributed by atoms with E-state index in [0.29, 0.717) is 19.4 Å². The smallest absolute Gasteiger partial charge is 0.211 e. The van der Waals surface area contributed by atoms with Crippen molar-refractivity contribution in [1.82, 2.24) is 4.72 Å². The largest absolute Gasteiger partial charge is 0.497 e. The van der Waals surface area contributed by atoms with Crippen LogP contribution < -0.4 is 9.46 Å². The van der Waals surface area contributed by atoms with Gasteiger partial charge in [0.1, 0.15) is 5.75 Å². The lowest BCUT2D eigenvalue weighted by Crippen LogP contribution is -2.29. The average molecular weight is 319 g/mol. The third-order valence-corrected chi connectivity index (χ3v) is 4.76. The van der Waals surface area contributed by atoms with Gasteiger partial charge in [0, 0.05) is 6.54 Å². The summed E-state index contributed by atoms with van der Waals surface area (Å²) in [6.07, 6.45) is 1.16. The minimum absolute atomic E-state index is 0.106. The van der Waals surface area contributed by atoms with E-state index in [0.717, 1.165) is 16.9 Å². The van der Waals surface area contributed by atoms with Crippen LogP contribution in [-0.4, -0.2) is 27.8 Å². The number of rotatable bonds is 8. The van der Waals surface area contributed by atoms with E-state index in [9.17, 15) is 8.42 Å². The van der Waals surface area contributed by atoms with E-state index in [1.165, 1.54) is 0 Å². The summed E-state index contributed by atoms with van der Waals surface area (Å²) in [4.78, 5) is 0. The fourth-order valence-electron chi connectivity index (χ4n) is 2.15. The third-order valence-electron chi connectivity index (χ3n) is 3.37. The number of benzene rings is 2. The minimum Gasteiger partial charge on any atom is -0.497 e. The summed E-state index contributed by atoms with van der Waals surface area (Å²) in [5, 5.41) is 0. The normalized spacial score (nSPS) is 11.3. The highest BCUT2D eigenvalue weighted by molar-refractivity contribution is 7.89. The molecule has 5 heteroatoms. The molecule has 2 aromatic carbocycles. The molecular formula is C17H21NO3S. The van der Waals surface area contributed by atoms with Crippen molar-refractivity contribution in [1.29, 1.82) is 0 Å². The summed E-state index contributed by atoms with van der Waals surface area (Å²) in [6.45, 7) is 0.393. The second kappa shape index (κ2) is 7.96. The van der Waals surface area contributed by atoms with E-state index >= 15 is 0 Å². The minimum atomic E-state index is -3.25. The number of methoxy groups -OCH3 is 1. The van der Waals surface area contributed by atoms with Gasteiger partial charge in [-0.05, 0) is 36.1 Å². The summed E-state index contributed by atoms with van der Waals surface area (Å²) in [5.41, 5.74) is 2.07. The van der Waals surface area contributed by atoms with Crippen molar-refractivity contribution >= 4 is 10.0 Å². The summed E-state index contributed by atoms with van der Waals surface area (Å²) < 4.78 is 31.8. The van der Waals surface area contributed by atoms with Crippen LogP contribution in [0.5, 0.6) is 5.75 Å². The molecule has 118 valence electrons. The maximum absolute atomic E-state index is 12.0. The number of sulfonamides is 1. The molecule has 0 amide bonds. The first-order valence-electron chi connectivity index (χ1n) is 7.23. The zero-order chi connectivity index (χ0) is 15.8. The summed E-state index contributed by atoms with van der Waals surface area (Å²) in [6, 6.07) is 17.3. The Balaban J connectivity index is 1.79. The molecule has 0 aliphatic carbocycles. The topological polar surface area (TPSA) is 55.4 Å².